The van der Waals surface area contributed by atoms with Crippen LogP contribution in [-0.4, -0.2) is 23.1 Å². The van der Waals surface area contributed by atoms with Crippen molar-refractivity contribution >= 4 is 29.2 Å². The number of halogens is 4. The van der Waals surface area contributed by atoms with Crippen LogP contribution in [-0.2, 0) is 11.3 Å². The van der Waals surface area contributed by atoms with Crippen LogP contribution < -0.4 is 10.6 Å². The number of amidine groups is 1. The van der Waals surface area contributed by atoms with Crippen LogP contribution in [0.15, 0.2) is 28.8 Å². The van der Waals surface area contributed by atoms with E-state index in [4.69, 9.17) is 21.5 Å². The van der Waals surface area contributed by atoms with E-state index in [1.807, 2.05) is 13.0 Å². The quantitative estimate of drug-likeness (QED) is 0.576. The van der Waals surface area contributed by atoms with E-state index in [-0.39, 0.29) is 18.1 Å². The minimum atomic E-state index is -5.03. The zero-order valence-corrected chi connectivity index (χ0v) is 13.0. The van der Waals surface area contributed by atoms with Gasteiger partial charge in [0, 0.05) is 17.6 Å². The highest BCUT2D eigenvalue weighted by molar-refractivity contribution is 6.30. The van der Waals surface area contributed by atoms with Gasteiger partial charge in [0.15, 0.2) is 11.7 Å². The lowest BCUT2D eigenvalue weighted by molar-refractivity contribution is -0.167. The van der Waals surface area contributed by atoms with Gasteiger partial charge in [-0.3, -0.25) is 15.5 Å². The SMILES string of the molecule is Cc1ccc(Cl)cc1CNC(=N)c1cc(NC(=O)C(F)(F)F)no1. The van der Waals surface area contributed by atoms with E-state index in [9.17, 15) is 18.0 Å². The van der Waals surface area contributed by atoms with Gasteiger partial charge >= 0.3 is 12.1 Å². The van der Waals surface area contributed by atoms with E-state index in [0.29, 0.717) is 5.02 Å². The number of benzene rings is 1. The number of amides is 1. The van der Waals surface area contributed by atoms with Crippen molar-refractivity contribution in [1.29, 1.82) is 5.41 Å². The Bertz CT molecular complexity index is 774. The molecule has 0 aliphatic heterocycles. The molecule has 1 heterocycles. The zero-order valence-electron chi connectivity index (χ0n) is 12.3. The third-order valence-electron chi connectivity index (χ3n) is 3.02. The molecule has 0 aliphatic carbocycles. The summed E-state index contributed by atoms with van der Waals surface area (Å²) in [6.45, 7) is 2.13. The number of carbonyl (C=O) groups excluding carboxylic acids is 1. The molecule has 2 rings (SSSR count). The molecule has 0 unspecified atom stereocenters. The predicted octanol–water partition coefficient (Wildman–Crippen LogP) is 3.25. The van der Waals surface area contributed by atoms with Crippen LogP contribution in [0.2, 0.25) is 5.02 Å². The second-order valence-corrected chi connectivity index (χ2v) is 5.26. The summed E-state index contributed by atoms with van der Waals surface area (Å²) >= 11 is 5.90. The number of anilines is 1. The average molecular weight is 361 g/mol. The predicted molar refractivity (Wildman–Crippen MR) is 81.0 cm³/mol. The summed E-state index contributed by atoms with van der Waals surface area (Å²) in [7, 11) is 0. The fourth-order valence-corrected chi connectivity index (χ4v) is 1.94. The molecule has 0 aliphatic rings. The minimum absolute atomic E-state index is 0.118. The summed E-state index contributed by atoms with van der Waals surface area (Å²) in [5.41, 5.74) is 1.80. The van der Waals surface area contributed by atoms with Crippen LogP contribution in [0, 0.1) is 12.3 Å². The molecule has 0 saturated carbocycles. The highest BCUT2D eigenvalue weighted by Gasteiger charge is 2.39. The van der Waals surface area contributed by atoms with Gasteiger partial charge in [-0.25, -0.2) is 0 Å². The third-order valence-corrected chi connectivity index (χ3v) is 3.26. The van der Waals surface area contributed by atoms with E-state index < -0.39 is 17.9 Å². The molecule has 6 nitrogen and oxygen atoms in total. The Morgan fingerprint density at radius 1 is 1.38 bits per heavy atom. The molecule has 24 heavy (non-hydrogen) atoms. The molecule has 0 radical (unpaired) electrons. The fourth-order valence-electron chi connectivity index (χ4n) is 1.74. The number of hydrogen-bond acceptors (Lipinski definition) is 4. The Morgan fingerprint density at radius 3 is 2.75 bits per heavy atom. The lowest BCUT2D eigenvalue weighted by Crippen LogP contribution is -2.30. The lowest BCUT2D eigenvalue weighted by Gasteiger charge is -2.08. The van der Waals surface area contributed by atoms with Gasteiger partial charge in [-0.1, -0.05) is 22.8 Å². The van der Waals surface area contributed by atoms with Crippen LogP contribution in [0.5, 0.6) is 0 Å². The fraction of sp³-hybridized carbons (Fsp3) is 0.214. The molecule has 0 fully saturated rings. The molecule has 1 amide bonds. The molecule has 0 bridgehead atoms. The van der Waals surface area contributed by atoms with E-state index in [0.717, 1.165) is 17.2 Å². The van der Waals surface area contributed by atoms with Crippen molar-refractivity contribution in [1.82, 2.24) is 10.5 Å². The molecule has 0 spiro atoms. The first-order chi connectivity index (χ1) is 11.2. The average Bonchev–Trinajstić information content (AvgIpc) is 2.95. The smallest absolute Gasteiger partial charge is 0.363 e. The van der Waals surface area contributed by atoms with Crippen LogP contribution in [0.1, 0.15) is 16.9 Å². The number of alkyl halides is 3. The Morgan fingerprint density at radius 2 is 2.08 bits per heavy atom. The molecule has 128 valence electrons. The summed E-state index contributed by atoms with van der Waals surface area (Å²) in [6, 6.07) is 6.30. The van der Waals surface area contributed by atoms with Crippen molar-refractivity contribution in [3.05, 3.63) is 46.2 Å². The maximum atomic E-state index is 12.1. The summed E-state index contributed by atoms with van der Waals surface area (Å²) < 4.78 is 41.2. The Balaban J connectivity index is 1.98. The summed E-state index contributed by atoms with van der Waals surface area (Å²) in [4.78, 5) is 10.8. The lowest BCUT2D eigenvalue weighted by atomic mass is 10.1. The van der Waals surface area contributed by atoms with Crippen LogP contribution >= 0.6 is 11.6 Å². The van der Waals surface area contributed by atoms with Crippen molar-refractivity contribution < 1.29 is 22.5 Å². The zero-order chi connectivity index (χ0) is 17.9. The number of nitrogens with zero attached hydrogens (tertiary/aromatic N) is 1. The Kier molecular flexibility index (Phi) is 5.13. The van der Waals surface area contributed by atoms with E-state index in [1.165, 1.54) is 5.32 Å². The second-order valence-electron chi connectivity index (χ2n) is 4.83. The molecule has 2 aromatic rings. The van der Waals surface area contributed by atoms with E-state index >= 15 is 0 Å². The Hall–Kier alpha value is -2.55. The first-order valence-electron chi connectivity index (χ1n) is 6.59. The van der Waals surface area contributed by atoms with Crippen LogP contribution in [0.4, 0.5) is 19.0 Å². The van der Waals surface area contributed by atoms with Crippen molar-refractivity contribution in [3.63, 3.8) is 0 Å². The van der Waals surface area contributed by atoms with E-state index in [2.05, 4.69) is 10.5 Å². The Labute approximate surface area is 139 Å². The molecular formula is C14H12ClF3N4O2. The minimum Gasteiger partial charge on any atom is -0.363 e. The van der Waals surface area contributed by atoms with Crippen molar-refractivity contribution in [2.45, 2.75) is 19.6 Å². The maximum Gasteiger partial charge on any atom is 0.471 e. The van der Waals surface area contributed by atoms with Gasteiger partial charge in [-0.15, -0.1) is 0 Å². The monoisotopic (exact) mass is 360 g/mol. The van der Waals surface area contributed by atoms with Gasteiger partial charge < -0.3 is 9.84 Å². The van der Waals surface area contributed by atoms with Gasteiger partial charge in [-0.2, -0.15) is 13.2 Å². The van der Waals surface area contributed by atoms with Crippen LogP contribution in [0.3, 0.4) is 0 Å². The molecule has 10 heteroatoms. The number of aryl methyl sites for hydroxylation is 1. The van der Waals surface area contributed by atoms with Crippen molar-refractivity contribution in [2.24, 2.45) is 0 Å². The first-order valence-corrected chi connectivity index (χ1v) is 6.97. The molecule has 1 aromatic carbocycles. The molecule has 1 aromatic heterocycles. The van der Waals surface area contributed by atoms with Crippen molar-refractivity contribution in [3.8, 4) is 0 Å². The van der Waals surface area contributed by atoms with Gasteiger partial charge in [0.25, 0.3) is 0 Å². The number of aromatic nitrogens is 1. The summed E-state index contributed by atoms with van der Waals surface area (Å²) in [6.07, 6.45) is -5.03. The molecule has 0 saturated heterocycles. The van der Waals surface area contributed by atoms with Gasteiger partial charge in [0.05, 0.1) is 0 Å². The molecular weight excluding hydrogens is 349 g/mol. The van der Waals surface area contributed by atoms with E-state index in [1.54, 1.807) is 12.1 Å². The highest BCUT2D eigenvalue weighted by Crippen LogP contribution is 2.18. The summed E-state index contributed by atoms with van der Waals surface area (Å²) in [5, 5.41) is 15.9. The van der Waals surface area contributed by atoms with Crippen LogP contribution in [0.25, 0.3) is 0 Å². The number of carbonyl (C=O) groups is 1. The second kappa shape index (κ2) is 6.91. The third kappa shape index (κ3) is 4.48. The molecule has 0 atom stereocenters. The van der Waals surface area contributed by atoms with Gasteiger partial charge in [-0.05, 0) is 30.2 Å². The number of hydrogen-bond donors (Lipinski definition) is 3. The largest absolute Gasteiger partial charge is 0.471 e. The molecule has 3 N–H and O–H groups in total. The maximum absolute atomic E-state index is 12.1. The van der Waals surface area contributed by atoms with Gasteiger partial charge in [0.1, 0.15) is 0 Å². The summed E-state index contributed by atoms with van der Waals surface area (Å²) in [5.74, 6) is -2.92. The topological polar surface area (TPSA) is 91.0 Å². The first kappa shape index (κ1) is 17.8. The highest BCUT2D eigenvalue weighted by atomic mass is 35.5. The number of rotatable bonds is 4. The standard InChI is InChI=1S/C14H12ClF3N4O2/c1-7-2-3-9(15)4-8(7)6-20-12(19)10-5-11(22-24-10)21-13(23)14(16,17)18/h2-5H,6H2,1H3,(H2,19,20)(H,21,22,23). The van der Waals surface area contributed by atoms with Crippen molar-refractivity contribution in [2.75, 3.05) is 5.32 Å². The number of nitrogens with one attached hydrogen (secondary N) is 3. The van der Waals surface area contributed by atoms with Gasteiger partial charge in [0.2, 0.25) is 5.76 Å². The normalized spacial score (nSPS) is 11.2.